The minimum Gasteiger partial charge on any atom is -0.478 e. The number of carboxylic acids is 1. The zero-order valence-corrected chi connectivity index (χ0v) is 16.0. The Labute approximate surface area is 165 Å². The molecule has 0 heterocycles. The van der Waals surface area contributed by atoms with Crippen molar-refractivity contribution in [1.82, 2.24) is 0 Å². The minimum absolute atomic E-state index is 0.175. The van der Waals surface area contributed by atoms with Crippen molar-refractivity contribution in [2.75, 3.05) is 6.61 Å². The van der Waals surface area contributed by atoms with Crippen LogP contribution >= 0.6 is 0 Å². The molecule has 0 atom stereocenters. The lowest BCUT2D eigenvalue weighted by molar-refractivity contribution is -0.138. The third kappa shape index (κ3) is 6.40. The number of hydrogen-bond acceptors (Lipinski definition) is 3. The summed E-state index contributed by atoms with van der Waals surface area (Å²) in [6.07, 6.45) is 4.78. The van der Waals surface area contributed by atoms with E-state index in [0.717, 1.165) is 22.3 Å². The molecule has 144 valence electrons. The van der Waals surface area contributed by atoms with Gasteiger partial charge >= 0.3 is 11.9 Å². The number of carboxylic acid groups (broad SMARTS) is 1. The standard InChI is InChI=1S/C24H24O4/c1-4-28-24(27)18(3)16-22-13-9-20(10-14-22)6-5-19-7-11-21(12-8-19)15-17(2)23(25)26/h5-14H,2-4,15-16H2,1H3,(H,25,26). The van der Waals surface area contributed by atoms with Gasteiger partial charge in [0.15, 0.2) is 0 Å². The molecule has 0 aliphatic rings. The Bertz CT molecular complexity index is 887. The lowest BCUT2D eigenvalue weighted by Gasteiger charge is -2.05. The summed E-state index contributed by atoms with van der Waals surface area (Å²) in [6.45, 7) is 9.44. The van der Waals surface area contributed by atoms with Crippen molar-refractivity contribution in [2.24, 2.45) is 0 Å². The molecule has 4 nitrogen and oxygen atoms in total. The highest BCUT2D eigenvalue weighted by Crippen LogP contribution is 2.14. The van der Waals surface area contributed by atoms with Crippen molar-refractivity contribution in [3.8, 4) is 0 Å². The van der Waals surface area contributed by atoms with Gasteiger partial charge in [0.05, 0.1) is 6.61 Å². The SMILES string of the molecule is C=C(Cc1ccc(C=Cc2ccc(CC(=C)C(=O)OCC)cc2)cc1)C(=O)O. The fourth-order valence-corrected chi connectivity index (χ4v) is 2.56. The number of benzene rings is 2. The highest BCUT2D eigenvalue weighted by Gasteiger charge is 2.08. The topological polar surface area (TPSA) is 63.6 Å². The van der Waals surface area contributed by atoms with Crippen LogP contribution in [0, 0.1) is 0 Å². The molecule has 0 bridgehead atoms. The Hall–Kier alpha value is -3.40. The Morgan fingerprint density at radius 1 is 0.857 bits per heavy atom. The summed E-state index contributed by atoms with van der Waals surface area (Å²) in [7, 11) is 0. The average Bonchev–Trinajstić information content (AvgIpc) is 2.68. The van der Waals surface area contributed by atoms with Crippen molar-refractivity contribution in [3.05, 3.63) is 95.1 Å². The predicted molar refractivity (Wildman–Crippen MR) is 112 cm³/mol. The van der Waals surface area contributed by atoms with Crippen molar-refractivity contribution >= 4 is 24.1 Å². The second-order valence-electron chi connectivity index (χ2n) is 6.40. The van der Waals surface area contributed by atoms with Gasteiger partial charge in [-0.1, -0.05) is 73.8 Å². The van der Waals surface area contributed by atoms with E-state index < -0.39 is 5.97 Å². The van der Waals surface area contributed by atoms with Gasteiger partial charge in [-0.2, -0.15) is 0 Å². The number of ether oxygens (including phenoxy) is 1. The summed E-state index contributed by atoms with van der Waals surface area (Å²) in [5.41, 5.74) is 4.58. The van der Waals surface area contributed by atoms with Crippen molar-refractivity contribution in [2.45, 2.75) is 19.8 Å². The molecule has 0 amide bonds. The van der Waals surface area contributed by atoms with E-state index in [1.807, 2.05) is 60.7 Å². The van der Waals surface area contributed by atoms with E-state index in [2.05, 4.69) is 13.2 Å². The Balaban J connectivity index is 1.95. The predicted octanol–water partition coefficient (Wildman–Crippen LogP) is 4.70. The highest BCUT2D eigenvalue weighted by atomic mass is 16.5. The second kappa shape index (κ2) is 10.1. The van der Waals surface area contributed by atoms with Gasteiger partial charge in [0, 0.05) is 24.0 Å². The third-order valence-electron chi connectivity index (χ3n) is 4.13. The van der Waals surface area contributed by atoms with E-state index in [4.69, 9.17) is 9.84 Å². The van der Waals surface area contributed by atoms with Crippen LogP contribution in [-0.4, -0.2) is 23.7 Å². The molecular weight excluding hydrogens is 352 g/mol. The van der Waals surface area contributed by atoms with Crippen LogP contribution in [-0.2, 0) is 27.2 Å². The second-order valence-corrected chi connectivity index (χ2v) is 6.40. The van der Waals surface area contributed by atoms with Gasteiger partial charge in [-0.3, -0.25) is 0 Å². The minimum atomic E-state index is -0.974. The molecule has 0 saturated carbocycles. The maximum atomic E-state index is 11.6. The van der Waals surface area contributed by atoms with Gasteiger partial charge in [0.1, 0.15) is 0 Å². The zero-order valence-electron chi connectivity index (χ0n) is 16.0. The molecule has 0 unspecified atom stereocenters. The summed E-state index contributed by atoms with van der Waals surface area (Å²) >= 11 is 0. The van der Waals surface area contributed by atoms with Gasteiger partial charge in [-0.15, -0.1) is 0 Å². The van der Waals surface area contributed by atoms with Gasteiger partial charge < -0.3 is 9.84 Å². The molecular formula is C24H24O4. The van der Waals surface area contributed by atoms with Gasteiger partial charge in [-0.25, -0.2) is 9.59 Å². The molecule has 0 aliphatic heterocycles. The van der Waals surface area contributed by atoms with E-state index >= 15 is 0 Å². The normalized spacial score (nSPS) is 10.6. The summed E-state index contributed by atoms with van der Waals surface area (Å²) in [5.74, 6) is -1.33. The summed E-state index contributed by atoms with van der Waals surface area (Å²) in [6, 6.07) is 15.6. The zero-order chi connectivity index (χ0) is 20.5. The van der Waals surface area contributed by atoms with Crippen LogP contribution in [0.1, 0.15) is 29.2 Å². The number of carbonyl (C=O) groups excluding carboxylic acids is 1. The Morgan fingerprint density at radius 2 is 1.29 bits per heavy atom. The summed E-state index contributed by atoms with van der Waals surface area (Å²) in [4.78, 5) is 22.5. The van der Waals surface area contributed by atoms with Gasteiger partial charge in [0.2, 0.25) is 0 Å². The molecule has 0 aromatic heterocycles. The average molecular weight is 376 g/mol. The maximum absolute atomic E-state index is 11.6. The number of aliphatic carboxylic acids is 1. The summed E-state index contributed by atoms with van der Waals surface area (Å²) < 4.78 is 4.94. The molecule has 0 radical (unpaired) electrons. The number of rotatable bonds is 9. The Kier molecular flexibility index (Phi) is 7.52. The van der Waals surface area contributed by atoms with E-state index in [1.54, 1.807) is 6.92 Å². The molecule has 2 rings (SSSR count). The molecule has 0 spiro atoms. The molecule has 0 aliphatic carbocycles. The van der Waals surface area contributed by atoms with Crippen LogP contribution in [0.2, 0.25) is 0 Å². The molecule has 28 heavy (non-hydrogen) atoms. The number of esters is 1. The van der Waals surface area contributed by atoms with Crippen LogP contribution in [0.3, 0.4) is 0 Å². The molecule has 2 aromatic carbocycles. The van der Waals surface area contributed by atoms with Crippen LogP contribution in [0.15, 0.2) is 72.8 Å². The van der Waals surface area contributed by atoms with Crippen LogP contribution in [0.4, 0.5) is 0 Å². The largest absolute Gasteiger partial charge is 0.478 e. The first kappa shape index (κ1) is 20.9. The molecule has 2 aromatic rings. The monoisotopic (exact) mass is 376 g/mol. The molecule has 1 N–H and O–H groups in total. The molecule has 0 saturated heterocycles. The molecule has 0 fully saturated rings. The molecule has 4 heteroatoms. The fraction of sp³-hybridized carbons (Fsp3) is 0.167. The van der Waals surface area contributed by atoms with Crippen molar-refractivity contribution in [3.63, 3.8) is 0 Å². The smallest absolute Gasteiger partial charge is 0.333 e. The maximum Gasteiger partial charge on any atom is 0.333 e. The van der Waals surface area contributed by atoms with E-state index in [-0.39, 0.29) is 11.5 Å². The quantitative estimate of drug-likeness (QED) is 0.391. The van der Waals surface area contributed by atoms with Crippen molar-refractivity contribution < 1.29 is 19.4 Å². The van der Waals surface area contributed by atoms with E-state index in [1.165, 1.54) is 0 Å². The first-order chi connectivity index (χ1) is 13.4. The third-order valence-corrected chi connectivity index (χ3v) is 4.13. The summed E-state index contributed by atoms with van der Waals surface area (Å²) in [5, 5.41) is 8.89. The first-order valence-corrected chi connectivity index (χ1v) is 9.01. The van der Waals surface area contributed by atoms with Crippen LogP contribution in [0.25, 0.3) is 12.2 Å². The van der Waals surface area contributed by atoms with Crippen molar-refractivity contribution in [1.29, 1.82) is 0 Å². The lowest BCUT2D eigenvalue weighted by Crippen LogP contribution is -2.08. The van der Waals surface area contributed by atoms with Crippen LogP contribution < -0.4 is 0 Å². The van der Waals surface area contributed by atoms with E-state index in [9.17, 15) is 9.59 Å². The van der Waals surface area contributed by atoms with Gasteiger partial charge in [-0.05, 0) is 29.2 Å². The number of hydrogen-bond donors (Lipinski definition) is 1. The fourth-order valence-electron chi connectivity index (χ4n) is 2.56. The lowest BCUT2D eigenvalue weighted by atomic mass is 10.0. The Morgan fingerprint density at radius 3 is 1.68 bits per heavy atom. The highest BCUT2D eigenvalue weighted by molar-refractivity contribution is 5.88. The van der Waals surface area contributed by atoms with Gasteiger partial charge in [0.25, 0.3) is 0 Å². The van der Waals surface area contributed by atoms with Crippen LogP contribution in [0.5, 0.6) is 0 Å². The first-order valence-electron chi connectivity index (χ1n) is 9.01. The number of carbonyl (C=O) groups is 2. The van der Waals surface area contributed by atoms with E-state index in [0.29, 0.717) is 25.0 Å².